The molecule has 0 fully saturated rings. The van der Waals surface area contributed by atoms with E-state index < -0.39 is 0 Å². The van der Waals surface area contributed by atoms with Crippen LogP contribution < -0.4 is 14.8 Å². The maximum absolute atomic E-state index is 5.80. The first-order valence-electron chi connectivity index (χ1n) is 8.36. The van der Waals surface area contributed by atoms with Crippen LogP contribution in [0.1, 0.15) is 32.8 Å². The van der Waals surface area contributed by atoms with Gasteiger partial charge in [0.05, 0.1) is 13.2 Å². The zero-order valence-electron chi connectivity index (χ0n) is 14.3. The summed E-state index contributed by atoms with van der Waals surface area (Å²) in [7, 11) is 0. The summed E-state index contributed by atoms with van der Waals surface area (Å²) >= 11 is 0. The standard InChI is InChI=1S/C20H27NO2/c1-4-22-19-10-8-17(9-11-19)15-21-18-6-5-7-20(14-18)23-13-12-16(2)3/h5-11,14,16,21H,4,12-13,15H2,1-3H3. The number of hydrogen-bond acceptors (Lipinski definition) is 3. The lowest BCUT2D eigenvalue weighted by Crippen LogP contribution is -2.03. The molecule has 0 bridgehead atoms. The molecule has 0 aliphatic rings. The normalized spacial score (nSPS) is 10.6. The van der Waals surface area contributed by atoms with Crippen LogP contribution >= 0.6 is 0 Å². The van der Waals surface area contributed by atoms with Crippen LogP contribution in [0.25, 0.3) is 0 Å². The number of ether oxygens (including phenoxy) is 2. The van der Waals surface area contributed by atoms with Crippen LogP contribution in [0.2, 0.25) is 0 Å². The van der Waals surface area contributed by atoms with Crippen molar-refractivity contribution in [3.05, 3.63) is 54.1 Å². The van der Waals surface area contributed by atoms with Gasteiger partial charge in [0, 0.05) is 18.3 Å². The fourth-order valence-corrected chi connectivity index (χ4v) is 2.18. The zero-order valence-corrected chi connectivity index (χ0v) is 14.3. The summed E-state index contributed by atoms with van der Waals surface area (Å²) in [5.74, 6) is 2.50. The van der Waals surface area contributed by atoms with Gasteiger partial charge in [-0.15, -0.1) is 0 Å². The van der Waals surface area contributed by atoms with Crippen LogP contribution in [0.15, 0.2) is 48.5 Å². The van der Waals surface area contributed by atoms with E-state index in [9.17, 15) is 0 Å². The summed E-state index contributed by atoms with van der Waals surface area (Å²) in [5, 5.41) is 3.43. The molecule has 0 aliphatic heterocycles. The molecule has 2 rings (SSSR count). The minimum absolute atomic E-state index is 0.663. The second-order valence-electron chi connectivity index (χ2n) is 5.99. The predicted octanol–water partition coefficient (Wildman–Crippen LogP) is 5.12. The Labute approximate surface area is 139 Å². The Bertz CT molecular complexity index is 578. The number of hydrogen-bond donors (Lipinski definition) is 1. The van der Waals surface area contributed by atoms with Gasteiger partial charge in [-0.25, -0.2) is 0 Å². The molecule has 2 aromatic carbocycles. The molecule has 0 aliphatic carbocycles. The molecular weight excluding hydrogens is 286 g/mol. The molecule has 124 valence electrons. The van der Waals surface area contributed by atoms with E-state index in [0.717, 1.165) is 36.8 Å². The molecule has 0 saturated heterocycles. The van der Waals surface area contributed by atoms with Gasteiger partial charge in [0.2, 0.25) is 0 Å². The van der Waals surface area contributed by atoms with E-state index in [1.807, 2.05) is 31.2 Å². The minimum atomic E-state index is 0.663. The van der Waals surface area contributed by atoms with E-state index >= 15 is 0 Å². The van der Waals surface area contributed by atoms with Crippen molar-refractivity contribution in [1.82, 2.24) is 0 Å². The highest BCUT2D eigenvalue weighted by Crippen LogP contribution is 2.19. The lowest BCUT2D eigenvalue weighted by atomic mass is 10.1. The fraction of sp³-hybridized carbons (Fsp3) is 0.400. The third kappa shape index (κ3) is 6.23. The van der Waals surface area contributed by atoms with Gasteiger partial charge < -0.3 is 14.8 Å². The molecule has 0 spiro atoms. The second-order valence-corrected chi connectivity index (χ2v) is 5.99. The van der Waals surface area contributed by atoms with Crippen molar-refractivity contribution in [3.8, 4) is 11.5 Å². The molecule has 1 N–H and O–H groups in total. The molecule has 0 unspecified atom stereocenters. The maximum atomic E-state index is 5.80. The first-order chi connectivity index (χ1) is 11.2. The summed E-state index contributed by atoms with van der Waals surface area (Å²) in [6, 6.07) is 16.3. The van der Waals surface area contributed by atoms with Crippen molar-refractivity contribution in [2.24, 2.45) is 5.92 Å². The summed E-state index contributed by atoms with van der Waals surface area (Å²) < 4.78 is 11.3. The van der Waals surface area contributed by atoms with E-state index in [-0.39, 0.29) is 0 Å². The van der Waals surface area contributed by atoms with Crippen LogP contribution in [0.4, 0.5) is 5.69 Å². The summed E-state index contributed by atoms with van der Waals surface area (Å²) in [6.07, 6.45) is 1.07. The summed E-state index contributed by atoms with van der Waals surface area (Å²) in [4.78, 5) is 0. The van der Waals surface area contributed by atoms with E-state index in [1.54, 1.807) is 0 Å². The monoisotopic (exact) mass is 313 g/mol. The third-order valence-corrected chi connectivity index (χ3v) is 3.53. The van der Waals surface area contributed by atoms with Gasteiger partial charge in [0.25, 0.3) is 0 Å². The molecule has 0 aromatic heterocycles. The van der Waals surface area contributed by atoms with Crippen molar-refractivity contribution in [2.75, 3.05) is 18.5 Å². The first-order valence-corrected chi connectivity index (χ1v) is 8.36. The van der Waals surface area contributed by atoms with Crippen LogP contribution in [-0.2, 0) is 6.54 Å². The first kappa shape index (κ1) is 17.2. The van der Waals surface area contributed by atoms with Crippen molar-refractivity contribution in [3.63, 3.8) is 0 Å². The van der Waals surface area contributed by atoms with Gasteiger partial charge in [-0.2, -0.15) is 0 Å². The molecule has 2 aromatic rings. The van der Waals surface area contributed by atoms with Gasteiger partial charge in [-0.1, -0.05) is 32.0 Å². The zero-order chi connectivity index (χ0) is 16.5. The highest BCUT2D eigenvalue weighted by molar-refractivity contribution is 5.48. The SMILES string of the molecule is CCOc1ccc(CNc2cccc(OCCC(C)C)c2)cc1. The highest BCUT2D eigenvalue weighted by Gasteiger charge is 2.00. The Balaban J connectivity index is 1.85. The Morgan fingerprint density at radius 1 is 0.957 bits per heavy atom. The van der Waals surface area contributed by atoms with Crippen LogP contribution in [0, 0.1) is 5.92 Å². The molecule has 0 atom stereocenters. The number of anilines is 1. The number of nitrogens with one attached hydrogen (secondary N) is 1. The number of benzene rings is 2. The average molecular weight is 313 g/mol. The quantitative estimate of drug-likeness (QED) is 0.697. The van der Waals surface area contributed by atoms with Crippen molar-refractivity contribution < 1.29 is 9.47 Å². The summed E-state index contributed by atoms with van der Waals surface area (Å²) in [5.41, 5.74) is 2.29. The van der Waals surface area contributed by atoms with E-state index in [4.69, 9.17) is 9.47 Å². The van der Waals surface area contributed by atoms with Gasteiger partial charge in [-0.3, -0.25) is 0 Å². The summed E-state index contributed by atoms with van der Waals surface area (Å²) in [6.45, 7) is 8.64. The van der Waals surface area contributed by atoms with E-state index in [1.165, 1.54) is 5.56 Å². The molecular formula is C20H27NO2. The molecule has 0 amide bonds. The Hall–Kier alpha value is -2.16. The van der Waals surface area contributed by atoms with Gasteiger partial charge >= 0.3 is 0 Å². The maximum Gasteiger partial charge on any atom is 0.121 e. The predicted molar refractivity (Wildman–Crippen MR) is 96.3 cm³/mol. The Morgan fingerprint density at radius 3 is 2.43 bits per heavy atom. The smallest absolute Gasteiger partial charge is 0.121 e. The molecule has 3 nitrogen and oxygen atoms in total. The highest BCUT2D eigenvalue weighted by atomic mass is 16.5. The number of rotatable bonds is 9. The van der Waals surface area contributed by atoms with Crippen LogP contribution in [-0.4, -0.2) is 13.2 Å². The lowest BCUT2D eigenvalue weighted by molar-refractivity contribution is 0.289. The molecule has 3 heteroatoms. The Kier molecular flexibility index (Phi) is 6.79. The van der Waals surface area contributed by atoms with E-state index in [2.05, 4.69) is 43.4 Å². The van der Waals surface area contributed by atoms with Gasteiger partial charge in [0.15, 0.2) is 0 Å². The van der Waals surface area contributed by atoms with Crippen LogP contribution in [0.5, 0.6) is 11.5 Å². The fourth-order valence-electron chi connectivity index (χ4n) is 2.18. The minimum Gasteiger partial charge on any atom is -0.494 e. The largest absolute Gasteiger partial charge is 0.494 e. The lowest BCUT2D eigenvalue weighted by Gasteiger charge is -2.11. The average Bonchev–Trinajstić information content (AvgIpc) is 2.55. The van der Waals surface area contributed by atoms with Crippen molar-refractivity contribution in [1.29, 1.82) is 0 Å². The van der Waals surface area contributed by atoms with Gasteiger partial charge in [-0.05, 0) is 49.1 Å². The second kappa shape index (κ2) is 9.09. The molecule has 0 radical (unpaired) electrons. The molecule has 23 heavy (non-hydrogen) atoms. The van der Waals surface area contributed by atoms with Gasteiger partial charge in [0.1, 0.15) is 11.5 Å². The topological polar surface area (TPSA) is 30.5 Å². The molecule has 0 heterocycles. The Morgan fingerprint density at radius 2 is 1.74 bits per heavy atom. The van der Waals surface area contributed by atoms with Crippen LogP contribution in [0.3, 0.4) is 0 Å². The van der Waals surface area contributed by atoms with Crippen molar-refractivity contribution in [2.45, 2.75) is 33.7 Å². The molecule has 0 saturated carbocycles. The van der Waals surface area contributed by atoms with Crippen molar-refractivity contribution >= 4 is 5.69 Å². The van der Waals surface area contributed by atoms with E-state index in [0.29, 0.717) is 12.5 Å². The third-order valence-electron chi connectivity index (χ3n) is 3.53.